The number of ether oxygens (including phenoxy) is 2. The number of carbonyl (C=O) groups excluding carboxylic acids is 1. The molecule has 0 saturated carbocycles. The van der Waals surface area contributed by atoms with E-state index in [0.29, 0.717) is 6.42 Å². The second kappa shape index (κ2) is 7.23. The molecule has 0 aliphatic carbocycles. The molecule has 2 unspecified atom stereocenters. The molecule has 0 saturated heterocycles. The number of carboxylic acid groups (broad SMARTS) is 1. The fourth-order valence-electron chi connectivity index (χ4n) is 0.942. The third kappa shape index (κ3) is 6.06. The standard InChI is InChI=1S/C10H18O5/c1-4-7(3)15-8(10(12)13)6-9(11)14-5-2/h7-8H,4-6H2,1-3H3,(H,12,13). The molecule has 0 radical (unpaired) electrons. The van der Waals surface area contributed by atoms with Gasteiger partial charge in [0.1, 0.15) is 0 Å². The van der Waals surface area contributed by atoms with Crippen LogP contribution in [0.3, 0.4) is 0 Å². The Labute approximate surface area is 89.4 Å². The summed E-state index contributed by atoms with van der Waals surface area (Å²) in [5, 5.41) is 8.80. The van der Waals surface area contributed by atoms with Gasteiger partial charge in [0.2, 0.25) is 0 Å². The fraction of sp³-hybridized carbons (Fsp3) is 0.800. The van der Waals surface area contributed by atoms with E-state index in [1.165, 1.54) is 0 Å². The van der Waals surface area contributed by atoms with E-state index in [2.05, 4.69) is 4.74 Å². The van der Waals surface area contributed by atoms with Gasteiger partial charge in [0, 0.05) is 0 Å². The molecule has 0 aliphatic heterocycles. The van der Waals surface area contributed by atoms with E-state index in [4.69, 9.17) is 9.84 Å². The number of carboxylic acids is 1. The highest BCUT2D eigenvalue weighted by Crippen LogP contribution is 2.07. The van der Waals surface area contributed by atoms with Crippen LogP contribution >= 0.6 is 0 Å². The van der Waals surface area contributed by atoms with Crippen LogP contribution in [0.1, 0.15) is 33.6 Å². The molecule has 5 nitrogen and oxygen atoms in total. The first-order valence-corrected chi connectivity index (χ1v) is 5.05. The van der Waals surface area contributed by atoms with Crippen molar-refractivity contribution >= 4 is 11.9 Å². The monoisotopic (exact) mass is 218 g/mol. The van der Waals surface area contributed by atoms with Gasteiger partial charge in [0.25, 0.3) is 0 Å². The lowest BCUT2D eigenvalue weighted by Gasteiger charge is -2.17. The van der Waals surface area contributed by atoms with Crippen molar-refractivity contribution in [2.45, 2.75) is 45.8 Å². The van der Waals surface area contributed by atoms with Gasteiger partial charge in [-0.25, -0.2) is 4.79 Å². The van der Waals surface area contributed by atoms with E-state index in [9.17, 15) is 9.59 Å². The van der Waals surface area contributed by atoms with Crippen molar-refractivity contribution in [3.8, 4) is 0 Å². The first kappa shape index (κ1) is 13.9. The van der Waals surface area contributed by atoms with Gasteiger partial charge >= 0.3 is 11.9 Å². The lowest BCUT2D eigenvalue weighted by molar-refractivity contribution is -0.162. The van der Waals surface area contributed by atoms with Gasteiger partial charge in [-0.05, 0) is 20.3 Å². The van der Waals surface area contributed by atoms with Crippen LogP contribution in [0.4, 0.5) is 0 Å². The van der Waals surface area contributed by atoms with Crippen molar-refractivity contribution in [3.63, 3.8) is 0 Å². The largest absolute Gasteiger partial charge is 0.479 e. The maximum atomic E-state index is 11.1. The molecule has 15 heavy (non-hydrogen) atoms. The summed E-state index contributed by atoms with van der Waals surface area (Å²) in [6.45, 7) is 5.56. The van der Waals surface area contributed by atoms with E-state index in [1.807, 2.05) is 6.92 Å². The lowest BCUT2D eigenvalue weighted by Crippen LogP contribution is -2.31. The molecular weight excluding hydrogens is 200 g/mol. The van der Waals surface area contributed by atoms with E-state index < -0.39 is 18.0 Å². The van der Waals surface area contributed by atoms with Gasteiger partial charge < -0.3 is 14.6 Å². The SMILES string of the molecule is CCOC(=O)CC(OC(C)CC)C(=O)O. The molecule has 0 amide bonds. The van der Waals surface area contributed by atoms with Crippen LogP contribution < -0.4 is 0 Å². The summed E-state index contributed by atoms with van der Waals surface area (Å²) in [6.07, 6.45) is -0.834. The molecule has 1 N–H and O–H groups in total. The van der Waals surface area contributed by atoms with E-state index in [0.717, 1.165) is 0 Å². The van der Waals surface area contributed by atoms with Gasteiger partial charge in [-0.15, -0.1) is 0 Å². The molecule has 0 aliphatic rings. The molecule has 88 valence electrons. The van der Waals surface area contributed by atoms with Crippen LogP contribution in [-0.4, -0.2) is 35.9 Å². The van der Waals surface area contributed by atoms with Crippen molar-refractivity contribution in [2.75, 3.05) is 6.61 Å². The summed E-state index contributed by atoms with van der Waals surface area (Å²) in [5.74, 6) is -1.68. The van der Waals surface area contributed by atoms with Crippen LogP contribution in [0.15, 0.2) is 0 Å². The van der Waals surface area contributed by atoms with Crippen LogP contribution in [0, 0.1) is 0 Å². The number of hydrogen-bond acceptors (Lipinski definition) is 4. The minimum atomic E-state index is -1.14. The average Bonchev–Trinajstić information content (AvgIpc) is 2.16. The van der Waals surface area contributed by atoms with Gasteiger partial charge in [-0.2, -0.15) is 0 Å². The molecule has 0 bridgehead atoms. The minimum Gasteiger partial charge on any atom is -0.479 e. The Morgan fingerprint density at radius 1 is 1.33 bits per heavy atom. The zero-order chi connectivity index (χ0) is 11.8. The Bertz CT molecular complexity index is 214. The number of aliphatic carboxylic acids is 1. The highest BCUT2D eigenvalue weighted by molar-refractivity contribution is 5.80. The van der Waals surface area contributed by atoms with Crippen LogP contribution in [0.5, 0.6) is 0 Å². The Kier molecular flexibility index (Phi) is 6.70. The predicted molar refractivity (Wildman–Crippen MR) is 53.5 cm³/mol. The van der Waals surface area contributed by atoms with Crippen molar-refractivity contribution in [1.82, 2.24) is 0 Å². The lowest BCUT2D eigenvalue weighted by atomic mass is 10.2. The Morgan fingerprint density at radius 3 is 2.33 bits per heavy atom. The fourth-order valence-corrected chi connectivity index (χ4v) is 0.942. The molecule has 0 spiro atoms. The topological polar surface area (TPSA) is 72.8 Å². The number of rotatable bonds is 7. The maximum absolute atomic E-state index is 11.1. The molecule has 2 atom stereocenters. The zero-order valence-corrected chi connectivity index (χ0v) is 9.36. The molecule has 0 aromatic carbocycles. The minimum absolute atomic E-state index is 0.180. The van der Waals surface area contributed by atoms with Crippen molar-refractivity contribution in [3.05, 3.63) is 0 Å². The Balaban J connectivity index is 4.16. The first-order chi connectivity index (χ1) is 7.01. The van der Waals surface area contributed by atoms with Crippen molar-refractivity contribution in [1.29, 1.82) is 0 Å². The summed E-state index contributed by atoms with van der Waals surface area (Å²) in [7, 11) is 0. The Hall–Kier alpha value is -1.10. The maximum Gasteiger partial charge on any atom is 0.333 e. The molecule has 0 rings (SSSR count). The number of carbonyl (C=O) groups is 2. The summed E-state index contributed by atoms with van der Waals surface area (Å²) < 4.78 is 9.83. The van der Waals surface area contributed by atoms with E-state index >= 15 is 0 Å². The summed E-state index contributed by atoms with van der Waals surface area (Å²) >= 11 is 0. The molecule has 0 heterocycles. The van der Waals surface area contributed by atoms with Crippen molar-refractivity contribution in [2.24, 2.45) is 0 Å². The Morgan fingerprint density at radius 2 is 1.93 bits per heavy atom. The van der Waals surface area contributed by atoms with Crippen molar-refractivity contribution < 1.29 is 24.2 Å². The quantitative estimate of drug-likeness (QED) is 0.650. The van der Waals surface area contributed by atoms with Crippen LogP contribution in [0.2, 0.25) is 0 Å². The summed E-state index contributed by atoms with van der Waals surface area (Å²) in [5.41, 5.74) is 0. The van der Waals surface area contributed by atoms with Gasteiger partial charge in [0.05, 0.1) is 19.1 Å². The molecule has 0 aromatic rings. The average molecular weight is 218 g/mol. The highest BCUT2D eigenvalue weighted by Gasteiger charge is 2.24. The second-order valence-corrected chi connectivity index (χ2v) is 3.19. The molecule has 5 heteroatoms. The zero-order valence-electron chi connectivity index (χ0n) is 9.36. The molecule has 0 aromatic heterocycles. The van der Waals surface area contributed by atoms with Crippen LogP contribution in [-0.2, 0) is 19.1 Å². The summed E-state index contributed by atoms with van der Waals surface area (Å²) in [4.78, 5) is 21.8. The first-order valence-electron chi connectivity index (χ1n) is 5.05. The van der Waals surface area contributed by atoms with E-state index in [1.54, 1.807) is 13.8 Å². The second-order valence-electron chi connectivity index (χ2n) is 3.19. The van der Waals surface area contributed by atoms with Crippen LogP contribution in [0.25, 0.3) is 0 Å². The van der Waals surface area contributed by atoms with Gasteiger partial charge in [0.15, 0.2) is 6.10 Å². The number of esters is 1. The third-order valence-electron chi connectivity index (χ3n) is 1.90. The predicted octanol–water partition coefficient (Wildman–Crippen LogP) is 1.21. The molecular formula is C10H18O5. The van der Waals surface area contributed by atoms with E-state index in [-0.39, 0.29) is 19.1 Å². The summed E-state index contributed by atoms with van der Waals surface area (Å²) in [6, 6.07) is 0. The van der Waals surface area contributed by atoms with Gasteiger partial charge in [-0.3, -0.25) is 4.79 Å². The third-order valence-corrected chi connectivity index (χ3v) is 1.90. The number of hydrogen-bond donors (Lipinski definition) is 1. The molecule has 0 fully saturated rings. The smallest absolute Gasteiger partial charge is 0.333 e. The normalized spacial score (nSPS) is 14.3. The van der Waals surface area contributed by atoms with Gasteiger partial charge in [-0.1, -0.05) is 6.92 Å². The highest BCUT2D eigenvalue weighted by atomic mass is 16.5.